The van der Waals surface area contributed by atoms with Crippen molar-refractivity contribution in [3.05, 3.63) is 64.3 Å². The van der Waals surface area contributed by atoms with Crippen LogP contribution in [0.15, 0.2) is 42.9 Å². The number of halogens is 3. The molecule has 5 heterocycles. The zero-order valence-electron chi connectivity index (χ0n) is 26.4. The van der Waals surface area contributed by atoms with E-state index >= 15 is 4.39 Å². The Morgan fingerprint density at radius 2 is 1.89 bits per heavy atom. The SMILES string of the molecule is C[C@@H](Oc1ccc2c(c1)c(-c1cnc(N3CC(C)(NC(=O)OC(C)(C)C)C3)c(F)c1)nn2C1CCCCO1)c1c(Cl)cncc1Cl. The van der Waals surface area contributed by atoms with Gasteiger partial charge in [0, 0.05) is 54.8 Å². The second-order valence-electron chi connectivity index (χ2n) is 13.1. The van der Waals surface area contributed by atoms with Crippen LogP contribution in [-0.4, -0.2) is 56.7 Å². The average molecular weight is 672 g/mol. The standard InChI is InChI=1S/C33H37Cl2FN6O4/c1-19(28-23(34)15-37-16-24(28)35)45-21-9-10-26-22(13-21)29(40-42(26)27-8-6-7-11-44-27)20-12-25(36)30(38-14-20)41-17-33(5,18-41)39-31(43)46-32(2,3)4/h9-10,12-16,19,27H,6-8,11,17-18H2,1-5H3,(H,39,43)/t19-,27?/m1/s1. The summed E-state index contributed by atoms with van der Waals surface area (Å²) < 4.78 is 35.3. The number of pyridine rings is 2. The van der Waals surface area contributed by atoms with Crippen LogP contribution in [0.4, 0.5) is 15.0 Å². The molecule has 3 aromatic heterocycles. The van der Waals surface area contributed by atoms with Crippen LogP contribution < -0.4 is 15.0 Å². The Kier molecular flexibility index (Phi) is 8.77. The maximum Gasteiger partial charge on any atom is 0.408 e. The van der Waals surface area contributed by atoms with Crippen molar-refractivity contribution in [3.8, 4) is 17.0 Å². The van der Waals surface area contributed by atoms with Crippen LogP contribution in [0.1, 0.15) is 71.8 Å². The number of ether oxygens (including phenoxy) is 3. The van der Waals surface area contributed by atoms with Crippen molar-refractivity contribution < 1.29 is 23.4 Å². The minimum atomic E-state index is -0.611. The summed E-state index contributed by atoms with van der Waals surface area (Å²) in [5.74, 6) is 0.281. The molecule has 10 nitrogen and oxygen atoms in total. The van der Waals surface area contributed by atoms with E-state index in [9.17, 15) is 4.79 Å². The highest BCUT2D eigenvalue weighted by Crippen LogP contribution is 2.38. The molecule has 1 N–H and O–H groups in total. The Bertz CT molecular complexity index is 1740. The monoisotopic (exact) mass is 670 g/mol. The van der Waals surface area contributed by atoms with Crippen LogP contribution in [-0.2, 0) is 9.47 Å². The number of hydrogen-bond acceptors (Lipinski definition) is 8. The van der Waals surface area contributed by atoms with E-state index in [-0.39, 0.29) is 12.0 Å². The smallest absolute Gasteiger partial charge is 0.408 e. The fourth-order valence-electron chi connectivity index (χ4n) is 5.98. The van der Waals surface area contributed by atoms with Crippen molar-refractivity contribution in [3.63, 3.8) is 0 Å². The van der Waals surface area contributed by atoms with Crippen LogP contribution in [0.25, 0.3) is 22.2 Å². The van der Waals surface area contributed by atoms with Gasteiger partial charge < -0.3 is 24.4 Å². The molecule has 0 spiro atoms. The van der Waals surface area contributed by atoms with Crippen LogP contribution >= 0.6 is 23.2 Å². The van der Waals surface area contributed by atoms with Crippen LogP contribution in [0.2, 0.25) is 10.0 Å². The lowest BCUT2D eigenvalue weighted by Gasteiger charge is -2.48. The summed E-state index contributed by atoms with van der Waals surface area (Å²) in [7, 11) is 0. The molecule has 6 rings (SSSR count). The number of nitrogens with zero attached hydrogens (tertiary/aromatic N) is 5. The highest BCUT2D eigenvalue weighted by molar-refractivity contribution is 6.35. The second kappa shape index (κ2) is 12.5. The summed E-state index contributed by atoms with van der Waals surface area (Å²) in [6, 6.07) is 7.12. The van der Waals surface area contributed by atoms with Crippen molar-refractivity contribution in [1.82, 2.24) is 25.1 Å². The molecule has 244 valence electrons. The molecule has 2 saturated heterocycles. The first-order valence-electron chi connectivity index (χ1n) is 15.3. The number of carbonyl (C=O) groups excluding carboxylic acids is 1. The van der Waals surface area contributed by atoms with E-state index in [2.05, 4.69) is 15.3 Å². The molecule has 2 atom stereocenters. The fourth-order valence-corrected chi connectivity index (χ4v) is 6.66. The highest BCUT2D eigenvalue weighted by Gasteiger charge is 2.42. The van der Waals surface area contributed by atoms with Crippen molar-refractivity contribution in [1.29, 1.82) is 0 Å². The number of anilines is 1. The summed E-state index contributed by atoms with van der Waals surface area (Å²) in [4.78, 5) is 22.6. The summed E-state index contributed by atoms with van der Waals surface area (Å²) >= 11 is 12.8. The van der Waals surface area contributed by atoms with Crippen molar-refractivity contribution >= 4 is 46.0 Å². The summed E-state index contributed by atoms with van der Waals surface area (Å²) in [5.41, 5.74) is 1.36. The normalized spacial score (nSPS) is 18.6. The predicted molar refractivity (Wildman–Crippen MR) is 175 cm³/mol. The van der Waals surface area contributed by atoms with Gasteiger partial charge in [-0.15, -0.1) is 0 Å². The number of alkyl carbamates (subject to hydrolysis) is 1. The van der Waals surface area contributed by atoms with Gasteiger partial charge in [-0.2, -0.15) is 5.10 Å². The second-order valence-corrected chi connectivity index (χ2v) is 14.0. The molecule has 0 radical (unpaired) electrons. The maximum atomic E-state index is 15.7. The van der Waals surface area contributed by atoms with Crippen molar-refractivity contribution in [2.24, 2.45) is 0 Å². The Morgan fingerprint density at radius 1 is 1.15 bits per heavy atom. The number of aromatic nitrogens is 4. The third-order valence-electron chi connectivity index (χ3n) is 7.99. The maximum absolute atomic E-state index is 15.7. The molecular formula is C33H37Cl2FN6O4. The van der Waals surface area contributed by atoms with Crippen LogP contribution in [0.3, 0.4) is 0 Å². The van der Waals surface area contributed by atoms with E-state index in [0.717, 1.165) is 30.2 Å². The Morgan fingerprint density at radius 3 is 2.54 bits per heavy atom. The summed E-state index contributed by atoms with van der Waals surface area (Å²) in [6.07, 6.45) is 6.31. The van der Waals surface area contributed by atoms with Gasteiger partial charge in [-0.3, -0.25) is 4.98 Å². The number of fused-ring (bicyclic) bond motifs is 1. The predicted octanol–water partition coefficient (Wildman–Crippen LogP) is 7.88. The van der Waals surface area contributed by atoms with Gasteiger partial charge >= 0.3 is 6.09 Å². The molecule has 1 amide bonds. The quantitative estimate of drug-likeness (QED) is 0.212. The Balaban J connectivity index is 1.28. The number of amides is 1. The summed E-state index contributed by atoms with van der Waals surface area (Å²) in [6.45, 7) is 10.6. The Hall–Kier alpha value is -3.67. The zero-order chi connectivity index (χ0) is 32.8. The zero-order valence-corrected chi connectivity index (χ0v) is 28.0. The van der Waals surface area contributed by atoms with Gasteiger partial charge in [0.25, 0.3) is 0 Å². The molecule has 2 aliphatic rings. The van der Waals surface area contributed by atoms with Gasteiger partial charge in [-0.05, 0) is 78.1 Å². The van der Waals surface area contributed by atoms with E-state index < -0.39 is 29.2 Å². The molecule has 4 aromatic rings. The molecular weight excluding hydrogens is 634 g/mol. The molecule has 0 saturated carbocycles. The molecule has 0 bridgehead atoms. The van der Waals surface area contributed by atoms with E-state index in [0.29, 0.717) is 52.3 Å². The molecule has 46 heavy (non-hydrogen) atoms. The number of hydrogen-bond donors (Lipinski definition) is 1. The van der Waals surface area contributed by atoms with Gasteiger partial charge in [0.1, 0.15) is 23.1 Å². The topological polar surface area (TPSA) is 104 Å². The molecule has 2 aliphatic heterocycles. The fraction of sp³-hybridized carbons (Fsp3) is 0.455. The van der Waals surface area contributed by atoms with Gasteiger partial charge in [-0.25, -0.2) is 18.9 Å². The van der Waals surface area contributed by atoms with Crippen molar-refractivity contribution in [2.45, 2.75) is 77.4 Å². The lowest BCUT2D eigenvalue weighted by atomic mass is 9.92. The van der Waals surface area contributed by atoms with E-state index in [1.165, 1.54) is 18.5 Å². The van der Waals surface area contributed by atoms with Gasteiger partial charge in [0.05, 0.1) is 21.1 Å². The number of rotatable bonds is 7. The largest absolute Gasteiger partial charge is 0.486 e. The molecule has 0 aliphatic carbocycles. The third kappa shape index (κ3) is 6.72. The minimum Gasteiger partial charge on any atom is -0.486 e. The number of carbonyl (C=O) groups is 1. The van der Waals surface area contributed by atoms with Gasteiger partial charge in [0.2, 0.25) is 0 Å². The van der Waals surface area contributed by atoms with Crippen molar-refractivity contribution in [2.75, 3.05) is 24.6 Å². The first kappa shape index (κ1) is 32.3. The molecule has 2 fully saturated rings. The first-order valence-corrected chi connectivity index (χ1v) is 16.1. The lowest BCUT2D eigenvalue weighted by Crippen LogP contribution is -2.69. The average Bonchev–Trinajstić information content (AvgIpc) is 3.34. The van der Waals surface area contributed by atoms with E-state index in [4.69, 9.17) is 42.5 Å². The number of nitrogens with one attached hydrogen (secondary N) is 1. The molecule has 1 unspecified atom stereocenters. The highest BCUT2D eigenvalue weighted by atomic mass is 35.5. The third-order valence-corrected chi connectivity index (χ3v) is 8.60. The lowest BCUT2D eigenvalue weighted by molar-refractivity contribution is -0.0365. The minimum absolute atomic E-state index is 0.204. The van der Waals surface area contributed by atoms with Crippen LogP contribution in [0, 0.1) is 5.82 Å². The number of benzene rings is 1. The van der Waals surface area contributed by atoms with Gasteiger partial charge in [0.15, 0.2) is 17.9 Å². The summed E-state index contributed by atoms with van der Waals surface area (Å²) in [5, 5.41) is 9.40. The Labute approximate surface area is 277 Å². The first-order chi connectivity index (χ1) is 21.8. The van der Waals surface area contributed by atoms with E-state index in [1.54, 1.807) is 31.9 Å². The molecule has 1 aromatic carbocycles. The van der Waals surface area contributed by atoms with E-state index in [1.807, 2.05) is 36.7 Å². The van der Waals surface area contributed by atoms with Crippen LogP contribution in [0.5, 0.6) is 5.75 Å². The molecule has 13 heteroatoms. The van der Waals surface area contributed by atoms with Gasteiger partial charge in [-0.1, -0.05) is 23.2 Å².